The second-order valence-corrected chi connectivity index (χ2v) is 6.43. The van der Waals surface area contributed by atoms with Gasteiger partial charge in [0.25, 0.3) is 17.7 Å². The number of carbonyl (C=O) groups excluding carboxylic acids is 3. The van der Waals surface area contributed by atoms with E-state index in [1.54, 1.807) is 0 Å². The van der Waals surface area contributed by atoms with Crippen molar-refractivity contribution in [1.29, 1.82) is 0 Å². The van der Waals surface area contributed by atoms with Crippen LogP contribution in [-0.2, 0) is 0 Å². The van der Waals surface area contributed by atoms with E-state index in [0.29, 0.717) is 36.9 Å². The van der Waals surface area contributed by atoms with Crippen molar-refractivity contribution in [1.82, 2.24) is 16.0 Å². The molecule has 0 fully saturated rings. The standard InChI is InChI=1S/C16H23N3O3S3/c20-14(17-2-1-5-23)11-8-12(15(21)18-3-6-24)10-13(9-11)16(22)19-4-7-25/h8-10,23-25H,1-7H2,(H,17,20)(H,18,21)(H,19,22). The monoisotopic (exact) mass is 401 g/mol. The predicted octanol–water partition coefficient (Wildman–Crippen LogP) is 1.06. The van der Waals surface area contributed by atoms with Crippen molar-refractivity contribution in [3.63, 3.8) is 0 Å². The minimum Gasteiger partial charge on any atom is -0.352 e. The lowest BCUT2D eigenvalue weighted by Gasteiger charge is -2.11. The number of rotatable bonds is 10. The van der Waals surface area contributed by atoms with Gasteiger partial charge in [-0.2, -0.15) is 37.9 Å². The molecule has 138 valence electrons. The van der Waals surface area contributed by atoms with Crippen LogP contribution in [-0.4, -0.2) is 54.6 Å². The fourth-order valence-corrected chi connectivity index (χ4v) is 2.33. The lowest BCUT2D eigenvalue weighted by molar-refractivity contribution is 0.0953. The first kappa shape index (κ1) is 21.7. The van der Waals surface area contributed by atoms with Gasteiger partial charge in [-0.25, -0.2) is 0 Å². The maximum Gasteiger partial charge on any atom is 0.251 e. The van der Waals surface area contributed by atoms with Gasteiger partial charge in [-0.05, 0) is 30.4 Å². The van der Waals surface area contributed by atoms with E-state index in [9.17, 15) is 14.4 Å². The molecule has 3 N–H and O–H groups in total. The molecule has 0 heterocycles. The summed E-state index contributed by atoms with van der Waals surface area (Å²) in [6.45, 7) is 1.25. The van der Waals surface area contributed by atoms with Crippen LogP contribution in [0.4, 0.5) is 0 Å². The van der Waals surface area contributed by atoms with Crippen LogP contribution in [0.2, 0.25) is 0 Å². The summed E-state index contributed by atoms with van der Waals surface area (Å²) < 4.78 is 0. The number of benzene rings is 1. The number of carbonyl (C=O) groups is 3. The lowest BCUT2D eigenvalue weighted by atomic mass is 10.0. The molecule has 0 atom stereocenters. The quantitative estimate of drug-likeness (QED) is 0.262. The van der Waals surface area contributed by atoms with Crippen molar-refractivity contribution in [2.45, 2.75) is 6.42 Å². The smallest absolute Gasteiger partial charge is 0.251 e. The van der Waals surface area contributed by atoms with E-state index < -0.39 is 0 Å². The Hall–Kier alpha value is -1.32. The van der Waals surface area contributed by atoms with Crippen molar-refractivity contribution in [2.75, 3.05) is 36.9 Å². The first-order chi connectivity index (χ1) is 12.0. The molecule has 0 aromatic heterocycles. The summed E-state index contributed by atoms with van der Waals surface area (Å²) in [5, 5.41) is 8.09. The van der Waals surface area contributed by atoms with Crippen LogP contribution < -0.4 is 16.0 Å². The zero-order valence-corrected chi connectivity index (χ0v) is 16.4. The molecule has 0 saturated carbocycles. The summed E-state index contributed by atoms with van der Waals surface area (Å²) >= 11 is 12.2. The normalized spacial score (nSPS) is 10.2. The van der Waals surface area contributed by atoms with Gasteiger partial charge in [0.2, 0.25) is 0 Å². The fourth-order valence-electron chi connectivity index (χ4n) is 1.95. The molecular weight excluding hydrogens is 378 g/mol. The van der Waals surface area contributed by atoms with Gasteiger partial charge in [-0.3, -0.25) is 14.4 Å². The molecule has 6 nitrogen and oxygen atoms in total. The highest BCUT2D eigenvalue weighted by atomic mass is 32.1. The Morgan fingerprint density at radius 3 is 1.32 bits per heavy atom. The van der Waals surface area contributed by atoms with Crippen LogP contribution in [0.25, 0.3) is 0 Å². The first-order valence-corrected chi connectivity index (χ1v) is 9.75. The molecule has 0 aliphatic carbocycles. The minimum absolute atomic E-state index is 0.250. The van der Waals surface area contributed by atoms with Crippen LogP contribution in [0.5, 0.6) is 0 Å². The third-order valence-electron chi connectivity index (χ3n) is 3.13. The number of nitrogens with one attached hydrogen (secondary N) is 3. The fraction of sp³-hybridized carbons (Fsp3) is 0.438. The zero-order chi connectivity index (χ0) is 18.7. The highest BCUT2D eigenvalue weighted by Gasteiger charge is 2.16. The summed E-state index contributed by atoms with van der Waals surface area (Å²) in [5.74, 6) is 0.582. The Balaban J connectivity index is 3.06. The molecule has 3 amide bonds. The van der Waals surface area contributed by atoms with Gasteiger partial charge in [0.05, 0.1) is 0 Å². The highest BCUT2D eigenvalue weighted by molar-refractivity contribution is 7.80. The van der Waals surface area contributed by atoms with Gasteiger partial charge >= 0.3 is 0 Å². The van der Waals surface area contributed by atoms with E-state index in [-0.39, 0.29) is 34.4 Å². The minimum atomic E-state index is -0.359. The van der Waals surface area contributed by atoms with Gasteiger partial charge in [-0.15, -0.1) is 0 Å². The topological polar surface area (TPSA) is 87.3 Å². The Morgan fingerprint density at radius 1 is 0.640 bits per heavy atom. The molecule has 0 bridgehead atoms. The van der Waals surface area contributed by atoms with Crippen molar-refractivity contribution in [3.05, 3.63) is 34.9 Å². The predicted molar refractivity (Wildman–Crippen MR) is 110 cm³/mol. The Bertz CT molecular complexity index is 573. The van der Waals surface area contributed by atoms with Gasteiger partial charge in [0.15, 0.2) is 0 Å². The molecule has 0 aliphatic rings. The molecule has 0 saturated heterocycles. The second-order valence-electron chi connectivity index (χ2n) is 5.09. The summed E-state index contributed by atoms with van der Waals surface area (Å²) in [6, 6.07) is 4.41. The summed E-state index contributed by atoms with van der Waals surface area (Å²) in [7, 11) is 0. The van der Waals surface area contributed by atoms with Crippen molar-refractivity contribution >= 4 is 55.6 Å². The SMILES string of the molecule is O=C(NCCS)c1cc(C(=O)NCCS)cc(C(=O)NCCCS)c1. The highest BCUT2D eigenvalue weighted by Crippen LogP contribution is 2.11. The molecule has 1 aromatic carbocycles. The van der Waals surface area contributed by atoms with Crippen molar-refractivity contribution in [3.8, 4) is 0 Å². The van der Waals surface area contributed by atoms with E-state index in [1.165, 1.54) is 18.2 Å². The maximum absolute atomic E-state index is 12.3. The summed E-state index contributed by atoms with van der Waals surface area (Å²) in [6.07, 6.45) is 0.728. The molecule has 1 rings (SSSR count). The van der Waals surface area contributed by atoms with Gasteiger partial charge < -0.3 is 16.0 Å². The molecule has 25 heavy (non-hydrogen) atoms. The zero-order valence-electron chi connectivity index (χ0n) is 13.7. The Kier molecular flexibility index (Phi) is 10.5. The number of amides is 3. The average Bonchev–Trinajstić information content (AvgIpc) is 2.63. The largest absolute Gasteiger partial charge is 0.352 e. The van der Waals surface area contributed by atoms with Crippen LogP contribution in [0.1, 0.15) is 37.5 Å². The average molecular weight is 402 g/mol. The van der Waals surface area contributed by atoms with E-state index >= 15 is 0 Å². The van der Waals surface area contributed by atoms with Crippen LogP contribution in [0, 0.1) is 0 Å². The van der Waals surface area contributed by atoms with Crippen LogP contribution in [0.15, 0.2) is 18.2 Å². The third kappa shape index (κ3) is 7.62. The molecule has 0 spiro atoms. The third-order valence-corrected chi connectivity index (χ3v) is 3.90. The van der Waals surface area contributed by atoms with Crippen molar-refractivity contribution in [2.24, 2.45) is 0 Å². The Labute approximate surface area is 164 Å². The first-order valence-electron chi connectivity index (χ1n) is 7.85. The number of hydrogen-bond donors (Lipinski definition) is 6. The maximum atomic E-state index is 12.3. The Morgan fingerprint density at radius 2 is 1.00 bits per heavy atom. The summed E-state index contributed by atoms with van der Waals surface area (Å²) in [5.41, 5.74) is 0.757. The number of thiol groups is 3. The van der Waals surface area contributed by atoms with Crippen LogP contribution in [0.3, 0.4) is 0 Å². The molecule has 0 unspecified atom stereocenters. The van der Waals surface area contributed by atoms with E-state index in [2.05, 4.69) is 53.8 Å². The van der Waals surface area contributed by atoms with Gasteiger partial charge in [0, 0.05) is 47.8 Å². The van der Waals surface area contributed by atoms with Crippen molar-refractivity contribution < 1.29 is 14.4 Å². The van der Waals surface area contributed by atoms with E-state index in [4.69, 9.17) is 0 Å². The molecule has 1 aromatic rings. The molecule has 0 aliphatic heterocycles. The molecular formula is C16H23N3O3S3. The number of hydrogen-bond acceptors (Lipinski definition) is 6. The van der Waals surface area contributed by atoms with Gasteiger partial charge in [0.1, 0.15) is 0 Å². The van der Waals surface area contributed by atoms with Crippen LogP contribution >= 0.6 is 37.9 Å². The molecule has 0 radical (unpaired) electrons. The van der Waals surface area contributed by atoms with E-state index in [1.807, 2.05) is 0 Å². The van der Waals surface area contributed by atoms with Gasteiger partial charge in [-0.1, -0.05) is 0 Å². The molecule has 9 heteroatoms. The second kappa shape index (κ2) is 12.1. The van der Waals surface area contributed by atoms with E-state index in [0.717, 1.165) is 6.42 Å². The summed E-state index contributed by atoms with van der Waals surface area (Å²) in [4.78, 5) is 36.7. The lowest BCUT2D eigenvalue weighted by Crippen LogP contribution is -2.30.